The molecular formula is C13H21N2P. The van der Waals surface area contributed by atoms with Crippen LogP contribution < -0.4 is 0 Å². The largest absolute Gasteiger partial charge is 0.336 e. The third-order valence-corrected chi connectivity index (χ3v) is 5.91. The van der Waals surface area contributed by atoms with Gasteiger partial charge in [0.25, 0.3) is 0 Å². The SMILES string of the molecule is CC(C)N1C=CN(C(C)C)P1C1C=CC=C1. The van der Waals surface area contributed by atoms with E-state index in [2.05, 4.69) is 73.7 Å². The van der Waals surface area contributed by atoms with Crippen LogP contribution in [-0.4, -0.2) is 27.1 Å². The molecule has 0 bridgehead atoms. The molecule has 2 nitrogen and oxygen atoms in total. The molecule has 3 heteroatoms. The van der Waals surface area contributed by atoms with Gasteiger partial charge in [0.2, 0.25) is 0 Å². The molecule has 0 saturated heterocycles. The zero-order valence-corrected chi connectivity index (χ0v) is 11.4. The summed E-state index contributed by atoms with van der Waals surface area (Å²) in [5.74, 6) is 0. The fourth-order valence-electron chi connectivity index (χ4n) is 2.09. The smallest absolute Gasteiger partial charge is 0.106 e. The predicted octanol–water partition coefficient (Wildman–Crippen LogP) is 3.70. The first-order valence-corrected chi connectivity index (χ1v) is 7.32. The highest BCUT2D eigenvalue weighted by atomic mass is 31.1. The van der Waals surface area contributed by atoms with Crippen molar-refractivity contribution in [2.45, 2.75) is 45.4 Å². The second-order valence-corrected chi connectivity index (χ2v) is 6.99. The number of nitrogens with zero attached hydrogens (tertiary/aromatic N) is 2. The van der Waals surface area contributed by atoms with Crippen molar-refractivity contribution >= 4 is 8.22 Å². The van der Waals surface area contributed by atoms with Crippen LogP contribution in [0, 0.1) is 0 Å². The topological polar surface area (TPSA) is 6.48 Å². The molecule has 0 unspecified atom stereocenters. The summed E-state index contributed by atoms with van der Waals surface area (Å²) >= 11 is 0. The van der Waals surface area contributed by atoms with E-state index >= 15 is 0 Å². The zero-order chi connectivity index (χ0) is 11.7. The van der Waals surface area contributed by atoms with Gasteiger partial charge in [-0.1, -0.05) is 24.3 Å². The molecular weight excluding hydrogens is 215 g/mol. The van der Waals surface area contributed by atoms with Crippen LogP contribution >= 0.6 is 8.22 Å². The molecule has 0 fully saturated rings. The van der Waals surface area contributed by atoms with Gasteiger partial charge in [-0.25, -0.2) is 0 Å². The zero-order valence-electron chi connectivity index (χ0n) is 10.5. The van der Waals surface area contributed by atoms with Crippen LogP contribution in [0.2, 0.25) is 0 Å². The number of hydrogen-bond donors (Lipinski definition) is 0. The van der Waals surface area contributed by atoms with Crippen LogP contribution in [-0.2, 0) is 0 Å². The van der Waals surface area contributed by atoms with E-state index in [-0.39, 0.29) is 8.22 Å². The van der Waals surface area contributed by atoms with Gasteiger partial charge in [-0.05, 0) is 27.7 Å². The van der Waals surface area contributed by atoms with Crippen LogP contribution in [0.3, 0.4) is 0 Å². The fourth-order valence-corrected chi connectivity index (χ4v) is 4.79. The summed E-state index contributed by atoms with van der Waals surface area (Å²) in [6.45, 7) is 9.08. The molecule has 0 aromatic rings. The lowest BCUT2D eigenvalue weighted by atomic mass is 10.4. The van der Waals surface area contributed by atoms with Crippen molar-refractivity contribution in [1.82, 2.24) is 9.34 Å². The van der Waals surface area contributed by atoms with Gasteiger partial charge < -0.3 is 9.34 Å². The Kier molecular flexibility index (Phi) is 3.39. The van der Waals surface area contributed by atoms with Gasteiger partial charge in [-0.2, -0.15) is 0 Å². The van der Waals surface area contributed by atoms with Crippen molar-refractivity contribution in [2.75, 3.05) is 0 Å². The molecule has 0 aromatic heterocycles. The van der Waals surface area contributed by atoms with Gasteiger partial charge in [0.15, 0.2) is 0 Å². The third-order valence-electron chi connectivity index (χ3n) is 2.90. The lowest BCUT2D eigenvalue weighted by Gasteiger charge is -2.39. The highest BCUT2D eigenvalue weighted by Gasteiger charge is 2.34. The minimum absolute atomic E-state index is 0.270. The van der Waals surface area contributed by atoms with E-state index in [9.17, 15) is 0 Å². The first-order chi connectivity index (χ1) is 7.61. The Morgan fingerprint density at radius 3 is 1.69 bits per heavy atom. The monoisotopic (exact) mass is 236 g/mol. The molecule has 1 aliphatic heterocycles. The van der Waals surface area contributed by atoms with Gasteiger partial charge >= 0.3 is 0 Å². The molecule has 88 valence electrons. The molecule has 2 rings (SSSR count). The molecule has 0 aromatic carbocycles. The molecule has 1 heterocycles. The Bertz CT molecular complexity index is 301. The van der Waals surface area contributed by atoms with Gasteiger partial charge in [-0.15, -0.1) is 0 Å². The Labute approximate surface area is 100 Å². The van der Waals surface area contributed by atoms with E-state index in [1.165, 1.54) is 0 Å². The summed E-state index contributed by atoms with van der Waals surface area (Å²) in [5, 5.41) is 0. The maximum atomic E-state index is 2.51. The minimum atomic E-state index is -0.270. The molecule has 0 saturated carbocycles. The van der Waals surface area contributed by atoms with Gasteiger partial charge in [0.1, 0.15) is 8.22 Å². The minimum Gasteiger partial charge on any atom is -0.336 e. The molecule has 0 radical (unpaired) electrons. The lowest BCUT2D eigenvalue weighted by Crippen LogP contribution is -2.29. The maximum absolute atomic E-state index is 2.51. The van der Waals surface area contributed by atoms with Crippen LogP contribution in [0.25, 0.3) is 0 Å². The van der Waals surface area contributed by atoms with E-state index < -0.39 is 0 Å². The van der Waals surface area contributed by atoms with Crippen LogP contribution in [0.5, 0.6) is 0 Å². The molecule has 0 amide bonds. The molecule has 16 heavy (non-hydrogen) atoms. The Balaban J connectivity index is 2.21. The predicted molar refractivity (Wildman–Crippen MR) is 72.1 cm³/mol. The highest BCUT2D eigenvalue weighted by Crippen LogP contribution is 2.56. The van der Waals surface area contributed by atoms with Gasteiger partial charge in [0, 0.05) is 24.5 Å². The lowest BCUT2D eigenvalue weighted by molar-refractivity contribution is 0.459. The Morgan fingerprint density at radius 1 is 0.875 bits per heavy atom. The fraction of sp³-hybridized carbons (Fsp3) is 0.538. The van der Waals surface area contributed by atoms with Crippen LogP contribution in [0.15, 0.2) is 36.7 Å². The molecule has 0 N–H and O–H groups in total. The van der Waals surface area contributed by atoms with Crippen molar-refractivity contribution in [2.24, 2.45) is 0 Å². The highest BCUT2D eigenvalue weighted by molar-refractivity contribution is 7.54. The summed E-state index contributed by atoms with van der Waals surface area (Å²) in [5.41, 5.74) is 0.579. The van der Waals surface area contributed by atoms with E-state index in [0.29, 0.717) is 17.7 Å². The van der Waals surface area contributed by atoms with Crippen molar-refractivity contribution in [3.63, 3.8) is 0 Å². The number of rotatable bonds is 3. The molecule has 0 atom stereocenters. The van der Waals surface area contributed by atoms with Gasteiger partial charge in [-0.3, -0.25) is 0 Å². The number of allylic oxidation sites excluding steroid dienone is 4. The second-order valence-electron chi connectivity index (χ2n) is 4.83. The van der Waals surface area contributed by atoms with Crippen molar-refractivity contribution in [3.05, 3.63) is 36.7 Å². The Morgan fingerprint density at radius 2 is 1.31 bits per heavy atom. The average Bonchev–Trinajstić information content (AvgIpc) is 2.85. The van der Waals surface area contributed by atoms with E-state index in [0.717, 1.165) is 0 Å². The quantitative estimate of drug-likeness (QED) is 0.689. The van der Waals surface area contributed by atoms with Crippen LogP contribution in [0.4, 0.5) is 0 Å². The molecule has 1 aliphatic carbocycles. The van der Waals surface area contributed by atoms with Crippen molar-refractivity contribution in [1.29, 1.82) is 0 Å². The van der Waals surface area contributed by atoms with Crippen LogP contribution in [0.1, 0.15) is 27.7 Å². The normalized spacial score (nSPS) is 21.4. The first kappa shape index (κ1) is 11.7. The maximum Gasteiger partial charge on any atom is 0.106 e. The summed E-state index contributed by atoms with van der Waals surface area (Å²) in [4.78, 5) is 0. The summed E-state index contributed by atoms with van der Waals surface area (Å²) in [6.07, 6.45) is 13.5. The third kappa shape index (κ3) is 2.04. The molecule has 2 aliphatic rings. The van der Waals surface area contributed by atoms with Crippen molar-refractivity contribution < 1.29 is 0 Å². The standard InChI is InChI=1S/C13H21N2P/c1-11(2)14-9-10-15(12(3)4)16(14)13-7-5-6-8-13/h5-13H,1-4H3. The van der Waals surface area contributed by atoms with E-state index in [1.54, 1.807) is 0 Å². The Hall–Kier alpha value is -0.750. The average molecular weight is 236 g/mol. The van der Waals surface area contributed by atoms with Crippen molar-refractivity contribution in [3.8, 4) is 0 Å². The first-order valence-electron chi connectivity index (χ1n) is 6.00. The van der Waals surface area contributed by atoms with E-state index in [4.69, 9.17) is 0 Å². The summed E-state index contributed by atoms with van der Waals surface area (Å²) in [7, 11) is -0.270. The number of hydrogen-bond acceptors (Lipinski definition) is 2. The summed E-state index contributed by atoms with van der Waals surface area (Å²) in [6, 6.07) is 1.15. The van der Waals surface area contributed by atoms with E-state index in [1.807, 2.05) is 0 Å². The molecule has 0 spiro atoms. The summed E-state index contributed by atoms with van der Waals surface area (Å²) < 4.78 is 5.03. The second kappa shape index (κ2) is 4.63. The van der Waals surface area contributed by atoms with Gasteiger partial charge in [0.05, 0.1) is 5.66 Å².